The molecule has 10 heteroatoms. The fraction of sp³-hybridized carbons (Fsp3) is 0.167. The number of nitrogens with zero attached hydrogens (tertiary/aromatic N) is 4. The van der Waals surface area contributed by atoms with Crippen molar-refractivity contribution in [3.63, 3.8) is 0 Å². The van der Waals surface area contributed by atoms with Crippen molar-refractivity contribution in [2.75, 3.05) is 0 Å². The maximum atomic E-state index is 8.70. The molecule has 0 aliphatic carbocycles. The van der Waals surface area contributed by atoms with E-state index in [0.717, 1.165) is 22.8 Å². The Kier molecular flexibility index (Phi) is 17.8. The first-order valence-electron chi connectivity index (χ1n) is 9.66. The topological polar surface area (TPSA) is 142 Å². The van der Waals surface area contributed by atoms with Crippen molar-refractivity contribution < 1.29 is 53.9 Å². The minimum Gasteiger partial charge on any atom is -0.577 e. The molecule has 0 unspecified atom stereocenters. The monoisotopic (exact) mass is 540 g/mol. The van der Waals surface area contributed by atoms with Crippen molar-refractivity contribution in [1.29, 1.82) is 0 Å². The van der Waals surface area contributed by atoms with Gasteiger partial charge in [0.25, 0.3) is 22.2 Å². The Labute approximate surface area is 218 Å². The van der Waals surface area contributed by atoms with E-state index >= 15 is 0 Å². The summed E-state index contributed by atoms with van der Waals surface area (Å²) in [6.45, 7) is 7.33. The quantitative estimate of drug-likeness (QED) is 0.285. The minimum atomic E-state index is 0. The number of hydrogen-bond donors (Lipinski definition) is 0. The van der Waals surface area contributed by atoms with Crippen LogP contribution in [0.5, 0.6) is 0 Å². The molecule has 0 fully saturated rings. The zero-order chi connectivity index (χ0) is 23.9. The van der Waals surface area contributed by atoms with Gasteiger partial charge >= 0.3 is 34.7 Å². The Bertz CT molecular complexity index is 1120. The Balaban J connectivity index is 0. The van der Waals surface area contributed by atoms with Crippen molar-refractivity contribution in [3.8, 4) is 0 Å². The van der Waals surface area contributed by atoms with Crippen LogP contribution in [-0.4, -0.2) is 19.2 Å². The molecule has 8 nitrogen and oxygen atoms in total. The van der Waals surface area contributed by atoms with E-state index in [1.54, 1.807) is 48.5 Å². The number of hydrogen-bond acceptors (Lipinski definition) is 0. The van der Waals surface area contributed by atoms with Crippen molar-refractivity contribution in [1.82, 2.24) is 19.9 Å². The third-order valence-electron chi connectivity index (χ3n) is 3.49. The molecule has 4 rings (SSSR count). The summed E-state index contributed by atoms with van der Waals surface area (Å²) >= 11 is 0. The molecule has 0 saturated carbocycles. The second-order valence-corrected chi connectivity index (χ2v) is 6.55. The van der Waals surface area contributed by atoms with E-state index in [4.69, 9.17) is 19.2 Å². The molecule has 0 amide bonds. The largest absolute Gasteiger partial charge is 2.00 e. The van der Waals surface area contributed by atoms with Gasteiger partial charge in [0, 0.05) is 24.3 Å². The Morgan fingerprint density at radius 1 is 0.382 bits per heavy atom. The summed E-state index contributed by atoms with van der Waals surface area (Å²) in [5, 5.41) is 0. The van der Waals surface area contributed by atoms with Gasteiger partial charge in [-0.3, -0.25) is 19.2 Å². The summed E-state index contributed by atoms with van der Waals surface area (Å²) in [6, 6.07) is 20.6. The van der Waals surface area contributed by atoms with Crippen LogP contribution in [0.1, 0.15) is 22.8 Å². The predicted octanol–water partition coefficient (Wildman–Crippen LogP) is -0.178. The standard InChI is InChI=1S/4C6H7NO.2Cr/c4*1-5-3-2-4-6(8)7-5;;/h4*2-4H,1H3,(H,7,8);;/q;;;;2*+2. The van der Waals surface area contributed by atoms with Crippen LogP contribution in [0.25, 0.3) is 0 Å². The van der Waals surface area contributed by atoms with Crippen molar-refractivity contribution >= 4 is 0 Å². The third kappa shape index (κ3) is 16.5. The molecule has 0 aromatic carbocycles. The molecule has 0 radical (unpaired) electrons. The van der Waals surface area contributed by atoms with Gasteiger partial charge in [-0.2, -0.15) is 22.8 Å². The average Bonchev–Trinajstić information content (AvgIpc) is 2.69. The van der Waals surface area contributed by atoms with Gasteiger partial charge in [0.2, 0.25) is 0 Å². The first kappa shape index (κ1) is 33.0. The molecule has 4 heterocycles. The van der Waals surface area contributed by atoms with Crippen LogP contribution in [-0.2, 0) is 34.7 Å². The number of pyridine rings is 4. The zero-order valence-electron chi connectivity index (χ0n) is 19.3. The molecule has 0 spiro atoms. The molecule has 0 atom stereocenters. The van der Waals surface area contributed by atoms with Gasteiger partial charge in [0.1, 0.15) is 0 Å². The molecule has 0 saturated heterocycles. The van der Waals surface area contributed by atoms with Crippen molar-refractivity contribution in [2.24, 2.45) is 0 Å². The van der Waals surface area contributed by atoms with Crippen LogP contribution in [0.3, 0.4) is 0 Å². The molecule has 4 aromatic rings. The van der Waals surface area contributed by atoms with Gasteiger partial charge in [-0.1, -0.05) is 76.2 Å². The summed E-state index contributed by atoms with van der Waals surface area (Å²) in [6.07, 6.45) is 0. The minimum absolute atomic E-state index is 0. The van der Waals surface area contributed by atoms with Gasteiger partial charge in [0.15, 0.2) is 0 Å². The molecule has 0 bridgehead atoms. The molecular formula is C24H28Cr2N4O4+4. The van der Waals surface area contributed by atoms with E-state index in [1.807, 2.05) is 52.0 Å². The molecule has 0 aliphatic heterocycles. The van der Waals surface area contributed by atoms with Gasteiger partial charge in [0.05, 0.1) is 0 Å². The molecule has 0 aliphatic rings. The summed E-state index contributed by atoms with van der Waals surface area (Å²) < 4.78 is 0. The number of aryl methyl sites for hydroxylation is 4. The normalized spacial score (nSPS) is 8.59. The van der Waals surface area contributed by atoms with Gasteiger partial charge in [-0.05, 0) is 0 Å². The first-order chi connectivity index (χ1) is 15.2. The zero-order valence-corrected chi connectivity index (χ0v) is 21.9. The Morgan fingerprint density at radius 3 is 0.647 bits per heavy atom. The molecule has 34 heavy (non-hydrogen) atoms. The van der Waals surface area contributed by atoms with Crippen LogP contribution < -0.4 is 42.2 Å². The average molecular weight is 541 g/mol. The van der Waals surface area contributed by atoms with Crippen LogP contribution in [0.2, 0.25) is 0 Å². The van der Waals surface area contributed by atoms with Crippen molar-refractivity contribution in [3.05, 3.63) is 118 Å². The van der Waals surface area contributed by atoms with E-state index in [1.165, 1.54) is 0 Å². The molecule has 4 N–H and O–H groups in total. The number of aromatic nitrogens is 4. The van der Waals surface area contributed by atoms with Crippen molar-refractivity contribution in [2.45, 2.75) is 27.7 Å². The van der Waals surface area contributed by atoms with E-state index in [9.17, 15) is 0 Å². The molecular weight excluding hydrogens is 512 g/mol. The summed E-state index contributed by atoms with van der Waals surface area (Å²) in [4.78, 5) is 49.7. The fourth-order valence-corrected chi connectivity index (χ4v) is 2.11. The Morgan fingerprint density at radius 2 is 0.559 bits per heavy atom. The second-order valence-electron chi connectivity index (χ2n) is 6.55. The van der Waals surface area contributed by atoms with E-state index < -0.39 is 0 Å². The van der Waals surface area contributed by atoms with Crippen LogP contribution >= 0.6 is 0 Å². The Hall–Kier alpha value is -3.14. The maximum Gasteiger partial charge on any atom is 2.00 e. The van der Waals surface area contributed by atoms with E-state index in [-0.39, 0.29) is 57.0 Å². The van der Waals surface area contributed by atoms with Crippen LogP contribution in [0.15, 0.2) is 72.8 Å². The SMILES string of the molecule is Cc1cccc(=[OH+])[n-]1.Cc1cccc(=[OH+])[n-]1.Cc1cccc(=[OH+])[n-]1.Cc1cccc(=[OH+])[n-]1.[Cr+2].[Cr+2]. The second kappa shape index (κ2) is 18.3. The maximum absolute atomic E-state index is 8.70. The van der Waals surface area contributed by atoms with Gasteiger partial charge in [-0.15, -0.1) is 0 Å². The third-order valence-corrected chi connectivity index (χ3v) is 3.49. The van der Waals surface area contributed by atoms with E-state index in [0.29, 0.717) is 0 Å². The summed E-state index contributed by atoms with van der Waals surface area (Å²) in [5.74, 6) is 0. The first-order valence-corrected chi connectivity index (χ1v) is 9.66. The fourth-order valence-electron chi connectivity index (χ4n) is 2.11. The van der Waals surface area contributed by atoms with Crippen LogP contribution in [0, 0.1) is 27.7 Å². The predicted molar refractivity (Wildman–Crippen MR) is 118 cm³/mol. The molecule has 4 aromatic heterocycles. The van der Waals surface area contributed by atoms with E-state index in [2.05, 4.69) is 19.9 Å². The summed E-state index contributed by atoms with van der Waals surface area (Å²) in [7, 11) is 0. The molecule has 176 valence electrons. The summed E-state index contributed by atoms with van der Waals surface area (Å²) in [5.41, 5.74) is 3.70. The van der Waals surface area contributed by atoms with Gasteiger partial charge in [-0.25, -0.2) is 0 Å². The van der Waals surface area contributed by atoms with Gasteiger partial charge < -0.3 is 19.9 Å². The number of rotatable bonds is 0. The van der Waals surface area contributed by atoms with Crippen LogP contribution in [0.4, 0.5) is 0 Å². The smallest absolute Gasteiger partial charge is 0.577 e.